The molecule has 0 bridgehead atoms. The Bertz CT molecular complexity index is 945. The maximum Gasteiger partial charge on any atom is 0.261 e. The van der Waals surface area contributed by atoms with Crippen LogP contribution >= 0.6 is 0 Å². The number of morpholine rings is 1. The van der Waals surface area contributed by atoms with Crippen LogP contribution in [0.25, 0.3) is 10.9 Å². The lowest BCUT2D eigenvalue weighted by atomic mass is 10.0. The highest BCUT2D eigenvalue weighted by Gasteiger charge is 2.28. The van der Waals surface area contributed by atoms with Crippen molar-refractivity contribution in [3.8, 4) is 0 Å². The molecule has 0 radical (unpaired) electrons. The maximum atomic E-state index is 12.9. The Balaban J connectivity index is 1.40. The van der Waals surface area contributed by atoms with Crippen molar-refractivity contribution in [2.75, 3.05) is 32.8 Å². The second-order valence-electron chi connectivity index (χ2n) is 8.72. The number of carbonyl (C=O) groups excluding carboxylic acids is 1. The molecule has 30 heavy (non-hydrogen) atoms. The minimum absolute atomic E-state index is 0.0127. The number of nitrogens with one attached hydrogen (secondary N) is 1. The maximum absolute atomic E-state index is 12.9. The molecule has 162 valence electrons. The predicted molar refractivity (Wildman–Crippen MR) is 117 cm³/mol. The first kappa shape index (κ1) is 21.0. The van der Waals surface area contributed by atoms with E-state index in [1.807, 2.05) is 28.8 Å². The fourth-order valence-corrected chi connectivity index (χ4v) is 4.31. The molecule has 7 nitrogen and oxygen atoms in total. The number of benzene rings is 1. The third-order valence-corrected chi connectivity index (χ3v) is 6.16. The first-order valence-electron chi connectivity index (χ1n) is 11.1. The highest BCUT2D eigenvalue weighted by Crippen LogP contribution is 2.34. The molecule has 1 aromatic carbocycles. The zero-order valence-electron chi connectivity index (χ0n) is 18.0. The molecule has 1 unspecified atom stereocenters. The molecule has 1 amide bonds. The number of carbonyl (C=O) groups is 1. The summed E-state index contributed by atoms with van der Waals surface area (Å²) in [7, 11) is 0. The van der Waals surface area contributed by atoms with E-state index in [2.05, 4.69) is 24.1 Å². The fraction of sp³-hybridized carbons (Fsp3) is 0.609. The van der Waals surface area contributed by atoms with Crippen molar-refractivity contribution in [2.24, 2.45) is 5.92 Å². The van der Waals surface area contributed by atoms with Crippen LogP contribution in [0.2, 0.25) is 0 Å². The average Bonchev–Trinajstić information content (AvgIpc) is 3.58. The summed E-state index contributed by atoms with van der Waals surface area (Å²) < 4.78 is 7.27. The summed E-state index contributed by atoms with van der Waals surface area (Å²) in [6.45, 7) is 8.35. The summed E-state index contributed by atoms with van der Waals surface area (Å²) in [6, 6.07) is 8.01. The van der Waals surface area contributed by atoms with Gasteiger partial charge in [0.15, 0.2) is 0 Å². The van der Waals surface area contributed by atoms with Crippen LogP contribution in [0.15, 0.2) is 29.1 Å². The fourth-order valence-electron chi connectivity index (χ4n) is 4.31. The van der Waals surface area contributed by atoms with Gasteiger partial charge in [-0.1, -0.05) is 26.0 Å². The van der Waals surface area contributed by atoms with Gasteiger partial charge in [-0.15, -0.1) is 0 Å². The number of rotatable bonds is 8. The van der Waals surface area contributed by atoms with Crippen LogP contribution in [0.4, 0.5) is 0 Å². The lowest BCUT2D eigenvalue weighted by Crippen LogP contribution is -2.51. The summed E-state index contributed by atoms with van der Waals surface area (Å²) in [4.78, 5) is 32.7. The molecule has 2 aromatic rings. The largest absolute Gasteiger partial charge is 0.379 e. The van der Waals surface area contributed by atoms with E-state index in [0.717, 1.165) is 45.0 Å². The molecular formula is C23H32N4O3. The van der Waals surface area contributed by atoms with Gasteiger partial charge in [0.2, 0.25) is 5.91 Å². The van der Waals surface area contributed by atoms with Crippen LogP contribution in [-0.4, -0.2) is 59.2 Å². The molecule has 0 spiro atoms. The van der Waals surface area contributed by atoms with Crippen molar-refractivity contribution in [3.63, 3.8) is 0 Å². The monoisotopic (exact) mass is 412 g/mol. The Hall–Kier alpha value is -2.25. The van der Waals surface area contributed by atoms with Gasteiger partial charge < -0.3 is 10.1 Å². The molecule has 1 aliphatic heterocycles. The molecule has 2 fully saturated rings. The summed E-state index contributed by atoms with van der Waals surface area (Å²) in [6.07, 6.45) is 2.83. The van der Waals surface area contributed by atoms with E-state index in [1.165, 1.54) is 0 Å². The van der Waals surface area contributed by atoms with Gasteiger partial charge in [0, 0.05) is 44.6 Å². The molecular weight excluding hydrogens is 380 g/mol. The van der Waals surface area contributed by atoms with Gasteiger partial charge in [-0.3, -0.25) is 19.1 Å². The number of aromatic nitrogens is 2. The standard InChI is InChI=1S/C23H32N4O3/c1-16(2)20(26-11-13-30-14-12-26)15-24-22(28)10-9-21-25-19-6-4-3-5-18(19)23(29)27(21)17-7-8-17/h3-6,16-17,20H,7-15H2,1-2H3,(H,24,28). The molecule has 1 aliphatic carbocycles. The highest BCUT2D eigenvalue weighted by atomic mass is 16.5. The molecule has 1 aromatic heterocycles. The first-order chi connectivity index (χ1) is 14.5. The van der Waals surface area contributed by atoms with Crippen LogP contribution in [-0.2, 0) is 16.0 Å². The molecule has 2 heterocycles. The molecule has 1 saturated heterocycles. The van der Waals surface area contributed by atoms with Crippen molar-refractivity contribution < 1.29 is 9.53 Å². The molecule has 1 atom stereocenters. The number of ether oxygens (including phenoxy) is 1. The van der Waals surface area contributed by atoms with Gasteiger partial charge >= 0.3 is 0 Å². The minimum Gasteiger partial charge on any atom is -0.379 e. The third kappa shape index (κ3) is 4.73. The smallest absolute Gasteiger partial charge is 0.261 e. The average molecular weight is 413 g/mol. The number of hydrogen-bond acceptors (Lipinski definition) is 5. The van der Waals surface area contributed by atoms with Gasteiger partial charge in [0.25, 0.3) is 5.56 Å². The second-order valence-corrected chi connectivity index (χ2v) is 8.72. The van der Waals surface area contributed by atoms with E-state index >= 15 is 0 Å². The summed E-state index contributed by atoms with van der Waals surface area (Å²) in [5, 5.41) is 3.77. The van der Waals surface area contributed by atoms with E-state index < -0.39 is 0 Å². The van der Waals surface area contributed by atoms with Crippen LogP contribution in [0.5, 0.6) is 0 Å². The number of aryl methyl sites for hydroxylation is 1. The van der Waals surface area contributed by atoms with Crippen molar-refractivity contribution in [1.82, 2.24) is 19.8 Å². The molecule has 1 saturated carbocycles. The molecule has 1 N–H and O–H groups in total. The van der Waals surface area contributed by atoms with Gasteiger partial charge in [-0.2, -0.15) is 0 Å². The Morgan fingerprint density at radius 1 is 1.23 bits per heavy atom. The Morgan fingerprint density at radius 3 is 2.67 bits per heavy atom. The summed E-state index contributed by atoms with van der Waals surface area (Å²) >= 11 is 0. The van der Waals surface area contributed by atoms with Crippen LogP contribution in [0.3, 0.4) is 0 Å². The normalized spacial score (nSPS) is 18.6. The summed E-state index contributed by atoms with van der Waals surface area (Å²) in [5.41, 5.74) is 0.729. The van der Waals surface area contributed by atoms with Gasteiger partial charge in [-0.25, -0.2) is 4.98 Å². The first-order valence-corrected chi connectivity index (χ1v) is 11.1. The molecule has 4 rings (SSSR count). The number of para-hydroxylation sites is 1. The quantitative estimate of drug-likeness (QED) is 0.719. The van der Waals surface area contributed by atoms with E-state index in [1.54, 1.807) is 0 Å². The third-order valence-electron chi connectivity index (χ3n) is 6.16. The van der Waals surface area contributed by atoms with Crippen molar-refractivity contribution in [1.29, 1.82) is 0 Å². The summed E-state index contributed by atoms with van der Waals surface area (Å²) in [5.74, 6) is 1.19. The molecule has 2 aliphatic rings. The zero-order chi connectivity index (χ0) is 21.1. The van der Waals surface area contributed by atoms with Gasteiger partial charge in [0.1, 0.15) is 5.82 Å². The number of amides is 1. The SMILES string of the molecule is CC(C)C(CNC(=O)CCc1nc2ccccc2c(=O)n1C1CC1)N1CCOCC1. The van der Waals surface area contributed by atoms with Crippen molar-refractivity contribution in [2.45, 2.75) is 51.6 Å². The number of nitrogens with zero attached hydrogens (tertiary/aromatic N) is 3. The Morgan fingerprint density at radius 2 is 1.97 bits per heavy atom. The van der Waals surface area contributed by atoms with E-state index in [0.29, 0.717) is 42.2 Å². The predicted octanol–water partition coefficient (Wildman–Crippen LogP) is 2.14. The van der Waals surface area contributed by atoms with Crippen molar-refractivity contribution in [3.05, 3.63) is 40.4 Å². The zero-order valence-corrected chi connectivity index (χ0v) is 18.0. The lowest BCUT2D eigenvalue weighted by Gasteiger charge is -2.36. The van der Waals surface area contributed by atoms with Crippen molar-refractivity contribution >= 4 is 16.8 Å². The van der Waals surface area contributed by atoms with E-state index in [9.17, 15) is 9.59 Å². The Kier molecular flexibility index (Phi) is 6.49. The van der Waals surface area contributed by atoms with Crippen LogP contribution in [0.1, 0.15) is 45.0 Å². The van der Waals surface area contributed by atoms with Crippen LogP contribution < -0.4 is 10.9 Å². The highest BCUT2D eigenvalue weighted by molar-refractivity contribution is 5.78. The lowest BCUT2D eigenvalue weighted by molar-refractivity contribution is -0.121. The van der Waals surface area contributed by atoms with E-state index in [4.69, 9.17) is 9.72 Å². The minimum atomic E-state index is 0.0127. The van der Waals surface area contributed by atoms with Gasteiger partial charge in [0.05, 0.1) is 24.1 Å². The Labute approximate surface area is 177 Å². The molecule has 7 heteroatoms. The number of hydrogen-bond donors (Lipinski definition) is 1. The second kappa shape index (κ2) is 9.27. The van der Waals surface area contributed by atoms with Crippen LogP contribution in [0, 0.1) is 5.92 Å². The van der Waals surface area contributed by atoms with E-state index in [-0.39, 0.29) is 17.5 Å². The topological polar surface area (TPSA) is 76.5 Å². The van der Waals surface area contributed by atoms with Gasteiger partial charge in [-0.05, 0) is 30.9 Å². The number of fused-ring (bicyclic) bond motifs is 1.